The molecule has 0 bridgehead atoms. The van der Waals surface area contributed by atoms with Crippen molar-refractivity contribution in [3.63, 3.8) is 0 Å². The van der Waals surface area contributed by atoms with Gasteiger partial charge in [-0.05, 0) is 91.4 Å². The lowest BCUT2D eigenvalue weighted by Crippen LogP contribution is -2.23. The molecule has 0 aromatic heterocycles. The first-order valence-corrected chi connectivity index (χ1v) is 10.4. The number of halogens is 1. The van der Waals surface area contributed by atoms with Gasteiger partial charge in [0.15, 0.2) is 16.6 Å². The molecule has 0 atom stereocenters. The molecule has 0 amide bonds. The van der Waals surface area contributed by atoms with Gasteiger partial charge in [0.2, 0.25) is 0 Å². The zero-order valence-electron chi connectivity index (χ0n) is 18.0. The fraction of sp³-hybridized carbons (Fsp3) is 0.125. The summed E-state index contributed by atoms with van der Waals surface area (Å²) in [6.45, 7) is 2.22. The first kappa shape index (κ1) is 23.7. The number of hydrazone groups is 1. The number of esters is 1. The molecule has 0 aliphatic rings. The number of methoxy groups -OCH3 is 1. The summed E-state index contributed by atoms with van der Waals surface area (Å²) in [5.74, 6) is 0.484. The van der Waals surface area contributed by atoms with E-state index in [2.05, 4.69) is 15.8 Å². The highest BCUT2D eigenvalue weighted by molar-refractivity contribution is 7.80. The van der Waals surface area contributed by atoms with Crippen molar-refractivity contribution in [1.82, 2.24) is 5.43 Å². The number of thiocarbonyl (C=S) groups is 1. The van der Waals surface area contributed by atoms with Gasteiger partial charge in [0.25, 0.3) is 0 Å². The molecule has 0 aliphatic carbocycles. The molecule has 0 heterocycles. The van der Waals surface area contributed by atoms with E-state index >= 15 is 0 Å². The van der Waals surface area contributed by atoms with Crippen molar-refractivity contribution in [2.45, 2.75) is 6.92 Å². The molecule has 33 heavy (non-hydrogen) atoms. The number of carbonyl (C=O) groups excluding carboxylic acids is 1. The average Bonchev–Trinajstić information content (AvgIpc) is 2.82. The molecular formula is C24H22FN3O4S. The number of rotatable bonds is 8. The minimum Gasteiger partial charge on any atom is -0.497 e. The first-order valence-electron chi connectivity index (χ1n) is 9.97. The SMILES string of the molecule is CCOc1cc(/C=N/NC(=S)Nc2ccc(F)cc2)ccc1OC(=O)c1ccc(OC)cc1. The fourth-order valence-electron chi connectivity index (χ4n) is 2.70. The Morgan fingerprint density at radius 1 is 1.06 bits per heavy atom. The summed E-state index contributed by atoms with van der Waals surface area (Å²) >= 11 is 5.16. The summed E-state index contributed by atoms with van der Waals surface area (Å²) in [6.07, 6.45) is 1.54. The zero-order chi connectivity index (χ0) is 23.6. The van der Waals surface area contributed by atoms with E-state index in [-0.39, 0.29) is 16.7 Å². The van der Waals surface area contributed by atoms with Gasteiger partial charge in [-0.25, -0.2) is 9.18 Å². The normalized spacial score (nSPS) is 10.5. The third kappa shape index (κ3) is 7.01. The Morgan fingerprint density at radius 2 is 1.79 bits per heavy atom. The molecule has 0 radical (unpaired) electrons. The lowest BCUT2D eigenvalue weighted by Gasteiger charge is -2.11. The van der Waals surface area contributed by atoms with Crippen molar-refractivity contribution < 1.29 is 23.4 Å². The van der Waals surface area contributed by atoms with Gasteiger partial charge in [0.05, 0.1) is 25.5 Å². The molecule has 2 N–H and O–H groups in total. The van der Waals surface area contributed by atoms with E-state index < -0.39 is 5.97 Å². The number of nitrogens with zero attached hydrogens (tertiary/aromatic N) is 1. The third-order valence-electron chi connectivity index (χ3n) is 4.28. The van der Waals surface area contributed by atoms with Gasteiger partial charge >= 0.3 is 5.97 Å². The van der Waals surface area contributed by atoms with E-state index in [1.807, 2.05) is 6.92 Å². The van der Waals surface area contributed by atoms with E-state index in [1.165, 1.54) is 18.3 Å². The molecule has 0 saturated heterocycles. The Balaban J connectivity index is 1.63. The number of benzene rings is 3. The zero-order valence-corrected chi connectivity index (χ0v) is 18.8. The van der Waals surface area contributed by atoms with Gasteiger partial charge in [-0.3, -0.25) is 5.43 Å². The Kier molecular flexibility index (Phi) is 8.31. The summed E-state index contributed by atoms with van der Waals surface area (Å²) in [5, 5.41) is 7.22. The van der Waals surface area contributed by atoms with Crippen LogP contribution in [0.2, 0.25) is 0 Å². The van der Waals surface area contributed by atoms with E-state index in [1.54, 1.807) is 61.7 Å². The van der Waals surface area contributed by atoms with Crippen molar-refractivity contribution in [2.24, 2.45) is 5.10 Å². The van der Waals surface area contributed by atoms with Gasteiger partial charge in [0.1, 0.15) is 11.6 Å². The molecule has 9 heteroatoms. The van der Waals surface area contributed by atoms with Gasteiger partial charge < -0.3 is 19.5 Å². The fourth-order valence-corrected chi connectivity index (χ4v) is 2.87. The third-order valence-corrected chi connectivity index (χ3v) is 4.47. The molecule has 0 saturated carbocycles. The van der Waals surface area contributed by atoms with Gasteiger partial charge in [0, 0.05) is 5.69 Å². The maximum atomic E-state index is 13.0. The Labute approximate surface area is 196 Å². The quantitative estimate of drug-likeness (QED) is 0.162. The highest BCUT2D eigenvalue weighted by Crippen LogP contribution is 2.29. The Hall–Kier alpha value is -3.98. The second kappa shape index (κ2) is 11.6. The molecule has 3 aromatic carbocycles. The van der Waals surface area contributed by atoms with Crippen molar-refractivity contribution in [1.29, 1.82) is 0 Å². The molecule has 0 unspecified atom stereocenters. The van der Waals surface area contributed by atoms with Gasteiger partial charge in [-0.15, -0.1) is 0 Å². The van der Waals surface area contributed by atoms with Crippen LogP contribution >= 0.6 is 12.2 Å². The summed E-state index contributed by atoms with van der Waals surface area (Å²) in [6, 6.07) is 17.4. The van der Waals surface area contributed by atoms with E-state index in [9.17, 15) is 9.18 Å². The van der Waals surface area contributed by atoms with Gasteiger partial charge in [-0.2, -0.15) is 5.10 Å². The van der Waals surface area contributed by atoms with Crippen LogP contribution in [0, 0.1) is 5.82 Å². The monoisotopic (exact) mass is 467 g/mol. The van der Waals surface area contributed by atoms with E-state index in [0.29, 0.717) is 34.9 Å². The highest BCUT2D eigenvalue weighted by atomic mass is 32.1. The largest absolute Gasteiger partial charge is 0.497 e. The predicted molar refractivity (Wildman–Crippen MR) is 129 cm³/mol. The molecular weight excluding hydrogens is 445 g/mol. The van der Waals surface area contributed by atoms with Crippen molar-refractivity contribution in [3.05, 3.63) is 83.7 Å². The number of hydrogen-bond acceptors (Lipinski definition) is 6. The minimum atomic E-state index is -0.515. The average molecular weight is 468 g/mol. The van der Waals surface area contributed by atoms with Crippen LogP contribution in [0.5, 0.6) is 17.2 Å². The smallest absolute Gasteiger partial charge is 0.343 e. The van der Waals surface area contributed by atoms with E-state index in [4.69, 9.17) is 26.4 Å². The molecule has 7 nitrogen and oxygen atoms in total. The first-order chi connectivity index (χ1) is 16.0. The molecule has 0 fully saturated rings. The van der Waals surface area contributed by atoms with Crippen LogP contribution in [0.15, 0.2) is 71.8 Å². The summed E-state index contributed by atoms with van der Waals surface area (Å²) < 4.78 is 29.2. The van der Waals surface area contributed by atoms with E-state index in [0.717, 1.165) is 0 Å². The highest BCUT2D eigenvalue weighted by Gasteiger charge is 2.13. The van der Waals surface area contributed by atoms with Crippen molar-refractivity contribution >= 4 is 35.2 Å². The maximum absolute atomic E-state index is 13.0. The second-order valence-corrected chi connectivity index (χ2v) is 7.00. The maximum Gasteiger partial charge on any atom is 0.343 e. The molecule has 3 rings (SSSR count). The standard InChI is InChI=1S/C24H22FN3O4S/c1-3-31-22-14-16(15-26-28-24(33)27-19-9-7-18(25)8-10-19)4-13-21(22)32-23(29)17-5-11-20(30-2)12-6-17/h4-15H,3H2,1-2H3,(H2,27,28,33)/b26-15+. The summed E-state index contributed by atoms with van der Waals surface area (Å²) in [5.41, 5.74) is 4.39. The summed E-state index contributed by atoms with van der Waals surface area (Å²) in [4.78, 5) is 12.5. The van der Waals surface area contributed by atoms with Gasteiger partial charge in [-0.1, -0.05) is 0 Å². The van der Waals surface area contributed by atoms with Crippen LogP contribution in [-0.4, -0.2) is 31.0 Å². The van der Waals surface area contributed by atoms with Crippen LogP contribution in [0.1, 0.15) is 22.8 Å². The predicted octanol–water partition coefficient (Wildman–Crippen LogP) is 4.77. The lowest BCUT2D eigenvalue weighted by atomic mass is 10.2. The van der Waals surface area contributed by atoms with Crippen LogP contribution in [0.25, 0.3) is 0 Å². The second-order valence-electron chi connectivity index (χ2n) is 6.59. The number of nitrogens with one attached hydrogen (secondary N) is 2. The topological polar surface area (TPSA) is 81.2 Å². The van der Waals surface area contributed by atoms with Crippen LogP contribution in [-0.2, 0) is 0 Å². The molecule has 170 valence electrons. The number of ether oxygens (including phenoxy) is 3. The van der Waals surface area contributed by atoms with Crippen LogP contribution in [0.3, 0.4) is 0 Å². The summed E-state index contributed by atoms with van der Waals surface area (Å²) in [7, 11) is 1.55. The molecule has 0 aliphatic heterocycles. The Morgan fingerprint density at radius 3 is 2.45 bits per heavy atom. The molecule has 0 spiro atoms. The number of carbonyl (C=O) groups is 1. The van der Waals surface area contributed by atoms with Crippen molar-refractivity contribution in [3.8, 4) is 17.2 Å². The van der Waals surface area contributed by atoms with Crippen molar-refractivity contribution in [2.75, 3.05) is 19.0 Å². The van der Waals surface area contributed by atoms with Crippen LogP contribution in [0.4, 0.5) is 10.1 Å². The Bertz CT molecular complexity index is 1140. The lowest BCUT2D eigenvalue weighted by molar-refractivity contribution is 0.0728. The minimum absolute atomic E-state index is 0.243. The van der Waals surface area contributed by atoms with Crippen LogP contribution < -0.4 is 25.0 Å². The molecule has 3 aromatic rings. The number of hydrogen-bond donors (Lipinski definition) is 2. The number of anilines is 1.